The Kier molecular flexibility index (Phi) is 5.84. The van der Waals surface area contributed by atoms with Crippen LogP contribution in [0.3, 0.4) is 0 Å². The second kappa shape index (κ2) is 7.96. The summed E-state index contributed by atoms with van der Waals surface area (Å²) in [6, 6.07) is 5.95. The third-order valence-electron chi connectivity index (χ3n) is 5.77. The molecule has 1 fully saturated rings. The maximum Gasteiger partial charge on any atom is 0.336 e. The van der Waals surface area contributed by atoms with Crippen LogP contribution in [0.25, 0.3) is 0 Å². The van der Waals surface area contributed by atoms with E-state index in [4.69, 9.17) is 14.2 Å². The van der Waals surface area contributed by atoms with E-state index in [1.807, 2.05) is 4.90 Å². The molecule has 2 heterocycles. The van der Waals surface area contributed by atoms with Crippen LogP contribution in [-0.4, -0.2) is 53.3 Å². The Labute approximate surface area is 181 Å². The van der Waals surface area contributed by atoms with E-state index in [1.165, 1.54) is 25.3 Å². The number of nitro groups is 1. The molecule has 0 amide bonds. The molecule has 3 unspecified atom stereocenters. The van der Waals surface area contributed by atoms with Crippen LogP contribution in [0.1, 0.15) is 46.1 Å². The second-order valence-corrected chi connectivity index (χ2v) is 8.89. The topological polar surface area (TPSA) is 108 Å². The van der Waals surface area contributed by atoms with E-state index in [1.54, 1.807) is 40.7 Å². The van der Waals surface area contributed by atoms with Crippen LogP contribution < -0.4 is 0 Å². The molecule has 3 atom stereocenters. The summed E-state index contributed by atoms with van der Waals surface area (Å²) in [6.45, 7) is 9.69. The average Bonchev–Trinajstić information content (AvgIpc) is 3.08. The summed E-state index contributed by atoms with van der Waals surface area (Å²) in [7, 11) is 1.27. The molecule has 1 aromatic rings. The molecule has 0 saturated carbocycles. The highest BCUT2D eigenvalue weighted by Gasteiger charge is 2.59. The van der Waals surface area contributed by atoms with E-state index in [9.17, 15) is 19.7 Å². The summed E-state index contributed by atoms with van der Waals surface area (Å²) in [5, 5.41) is 11.4. The monoisotopic (exact) mass is 432 g/mol. The third kappa shape index (κ3) is 4.01. The predicted molar refractivity (Wildman–Crippen MR) is 111 cm³/mol. The maximum atomic E-state index is 13.5. The highest BCUT2D eigenvalue weighted by Crippen LogP contribution is 2.51. The molecule has 9 nitrogen and oxygen atoms in total. The van der Waals surface area contributed by atoms with Crippen molar-refractivity contribution in [2.24, 2.45) is 5.92 Å². The lowest BCUT2D eigenvalue weighted by atomic mass is 9.71. The summed E-state index contributed by atoms with van der Waals surface area (Å²) in [5.41, 5.74) is -0.668. The van der Waals surface area contributed by atoms with E-state index < -0.39 is 40.0 Å². The fraction of sp³-hybridized carbons (Fsp3) is 0.545. The van der Waals surface area contributed by atoms with Gasteiger partial charge in [0.05, 0.1) is 24.2 Å². The van der Waals surface area contributed by atoms with Crippen LogP contribution in [0.4, 0.5) is 5.69 Å². The first-order valence-electron chi connectivity index (χ1n) is 10.1. The van der Waals surface area contributed by atoms with Crippen LogP contribution >= 0.6 is 0 Å². The van der Waals surface area contributed by atoms with Gasteiger partial charge in [-0.05, 0) is 40.2 Å². The standard InChI is InChI=1S/C22H28N2O7/c1-13-16(19(25)29-6)17(14-8-7-9-15(12-14)24(27)28)18(20(26)31-21(2,3)4)22(5)23(13)10-11-30-22/h7-9,12,17-18H,10-11H2,1-6H3. The average molecular weight is 432 g/mol. The summed E-state index contributed by atoms with van der Waals surface area (Å²) < 4.78 is 16.8. The molecule has 2 aliphatic heterocycles. The Bertz CT molecular complexity index is 949. The highest BCUT2D eigenvalue weighted by molar-refractivity contribution is 5.93. The molecule has 0 aromatic heterocycles. The van der Waals surface area contributed by atoms with E-state index >= 15 is 0 Å². The Morgan fingerprint density at radius 2 is 2.00 bits per heavy atom. The SMILES string of the molecule is COC(=O)C1=C(C)N2CCOC2(C)C(C(=O)OC(C)(C)C)C1c1cccc([N+](=O)[O-])c1. The minimum Gasteiger partial charge on any atom is -0.466 e. The Hall–Kier alpha value is -2.94. The molecular weight excluding hydrogens is 404 g/mol. The summed E-state index contributed by atoms with van der Waals surface area (Å²) in [6.07, 6.45) is 0. The highest BCUT2D eigenvalue weighted by atomic mass is 16.6. The van der Waals surface area contributed by atoms with Crippen molar-refractivity contribution in [1.29, 1.82) is 0 Å². The molecule has 1 saturated heterocycles. The largest absolute Gasteiger partial charge is 0.466 e. The zero-order valence-electron chi connectivity index (χ0n) is 18.6. The second-order valence-electron chi connectivity index (χ2n) is 8.89. The minimum atomic E-state index is -1.08. The van der Waals surface area contributed by atoms with Crippen molar-refractivity contribution >= 4 is 17.6 Å². The van der Waals surface area contributed by atoms with Crippen LogP contribution in [-0.2, 0) is 23.8 Å². The number of esters is 2. The molecule has 0 spiro atoms. The van der Waals surface area contributed by atoms with Crippen molar-refractivity contribution in [3.05, 3.63) is 51.2 Å². The van der Waals surface area contributed by atoms with Crippen molar-refractivity contribution in [2.75, 3.05) is 20.3 Å². The summed E-state index contributed by atoms with van der Waals surface area (Å²) >= 11 is 0. The molecule has 0 aliphatic carbocycles. The summed E-state index contributed by atoms with van der Waals surface area (Å²) in [4.78, 5) is 39.1. The third-order valence-corrected chi connectivity index (χ3v) is 5.77. The first-order valence-corrected chi connectivity index (χ1v) is 10.1. The van der Waals surface area contributed by atoms with Gasteiger partial charge in [0.25, 0.3) is 5.69 Å². The minimum absolute atomic E-state index is 0.137. The number of rotatable bonds is 4. The van der Waals surface area contributed by atoms with Crippen LogP contribution in [0.15, 0.2) is 35.5 Å². The molecule has 2 aliphatic rings. The molecule has 31 heavy (non-hydrogen) atoms. The first kappa shape index (κ1) is 22.7. The molecule has 0 radical (unpaired) electrons. The Balaban J connectivity index is 2.28. The van der Waals surface area contributed by atoms with E-state index in [0.29, 0.717) is 24.4 Å². The van der Waals surface area contributed by atoms with Gasteiger partial charge < -0.3 is 19.1 Å². The van der Waals surface area contributed by atoms with Gasteiger partial charge in [-0.15, -0.1) is 0 Å². The lowest BCUT2D eigenvalue weighted by Crippen LogP contribution is -2.58. The molecule has 0 bridgehead atoms. The van der Waals surface area contributed by atoms with Gasteiger partial charge in [-0.3, -0.25) is 14.9 Å². The van der Waals surface area contributed by atoms with Crippen molar-refractivity contribution in [3.63, 3.8) is 0 Å². The maximum absolute atomic E-state index is 13.5. The van der Waals surface area contributed by atoms with E-state index in [2.05, 4.69) is 0 Å². The number of non-ortho nitro benzene ring substituents is 1. The quantitative estimate of drug-likeness (QED) is 0.406. The van der Waals surface area contributed by atoms with E-state index in [-0.39, 0.29) is 11.3 Å². The van der Waals surface area contributed by atoms with Gasteiger partial charge in [0, 0.05) is 30.3 Å². The zero-order chi connectivity index (χ0) is 23.1. The number of benzene rings is 1. The van der Waals surface area contributed by atoms with Gasteiger partial charge in [-0.1, -0.05) is 12.1 Å². The lowest BCUT2D eigenvalue weighted by Gasteiger charge is -2.49. The summed E-state index contributed by atoms with van der Waals surface area (Å²) in [5.74, 6) is -2.94. The van der Waals surface area contributed by atoms with Crippen molar-refractivity contribution in [3.8, 4) is 0 Å². The van der Waals surface area contributed by atoms with Crippen molar-refractivity contribution in [1.82, 2.24) is 4.90 Å². The van der Waals surface area contributed by atoms with Crippen molar-refractivity contribution in [2.45, 2.75) is 51.9 Å². The number of hydrogen-bond acceptors (Lipinski definition) is 8. The van der Waals surface area contributed by atoms with Crippen LogP contribution in [0, 0.1) is 16.0 Å². The van der Waals surface area contributed by atoms with Gasteiger partial charge in [-0.2, -0.15) is 0 Å². The number of nitrogens with zero attached hydrogens (tertiary/aromatic N) is 2. The fourth-order valence-corrected chi connectivity index (χ4v) is 4.54. The van der Waals surface area contributed by atoms with Gasteiger partial charge >= 0.3 is 11.9 Å². The number of hydrogen-bond donors (Lipinski definition) is 0. The zero-order valence-corrected chi connectivity index (χ0v) is 18.6. The lowest BCUT2D eigenvalue weighted by molar-refractivity contribution is -0.384. The smallest absolute Gasteiger partial charge is 0.336 e. The Morgan fingerprint density at radius 1 is 1.32 bits per heavy atom. The molecule has 9 heteroatoms. The number of ether oxygens (including phenoxy) is 3. The number of carbonyl (C=O) groups is 2. The first-order chi connectivity index (χ1) is 14.4. The molecular formula is C22H28N2O7. The number of nitro benzene ring substituents is 1. The van der Waals surface area contributed by atoms with Gasteiger partial charge in [0.1, 0.15) is 11.5 Å². The number of methoxy groups -OCH3 is 1. The van der Waals surface area contributed by atoms with Gasteiger partial charge in [-0.25, -0.2) is 4.79 Å². The number of carbonyl (C=O) groups excluding carboxylic acids is 2. The molecule has 168 valence electrons. The molecule has 1 aromatic carbocycles. The Morgan fingerprint density at radius 3 is 2.58 bits per heavy atom. The molecule has 3 rings (SSSR count). The number of allylic oxidation sites excluding steroid dienone is 1. The van der Waals surface area contributed by atoms with Gasteiger partial charge in [0.15, 0.2) is 5.72 Å². The predicted octanol–water partition coefficient (Wildman–Crippen LogP) is 3.15. The van der Waals surface area contributed by atoms with Gasteiger partial charge in [0.2, 0.25) is 0 Å². The fourth-order valence-electron chi connectivity index (χ4n) is 4.54. The van der Waals surface area contributed by atoms with E-state index in [0.717, 1.165) is 0 Å². The van der Waals surface area contributed by atoms with Crippen LogP contribution in [0.2, 0.25) is 0 Å². The normalized spacial score (nSPS) is 25.8. The van der Waals surface area contributed by atoms with Crippen molar-refractivity contribution < 1.29 is 28.7 Å². The number of fused-ring (bicyclic) bond motifs is 1. The van der Waals surface area contributed by atoms with Crippen LogP contribution in [0.5, 0.6) is 0 Å². The molecule has 0 N–H and O–H groups in total.